The fraction of sp³-hybridized carbons (Fsp3) is 0.500. The molecule has 0 aliphatic rings. The maximum absolute atomic E-state index is 12.6. The molecular weight excluding hydrogens is 215 g/mol. The van der Waals surface area contributed by atoms with E-state index < -0.39 is 11.7 Å². The lowest BCUT2D eigenvalue weighted by Crippen LogP contribution is -2.15. The van der Waals surface area contributed by atoms with Crippen LogP contribution >= 0.6 is 0 Å². The number of hydrogen-bond acceptors (Lipinski definition) is 1. The minimum Gasteiger partial charge on any atom is -0.309 e. The highest BCUT2D eigenvalue weighted by Crippen LogP contribution is 2.32. The summed E-state index contributed by atoms with van der Waals surface area (Å²) in [7, 11) is 3.82. The summed E-state index contributed by atoms with van der Waals surface area (Å²) in [6.45, 7) is 0.798. The molecule has 0 amide bonds. The van der Waals surface area contributed by atoms with Crippen molar-refractivity contribution in [1.29, 1.82) is 0 Å². The highest BCUT2D eigenvalue weighted by Gasteiger charge is 2.32. The maximum Gasteiger partial charge on any atom is 0.416 e. The molecule has 0 aromatic heterocycles. The molecule has 0 fully saturated rings. The lowest BCUT2D eigenvalue weighted by Gasteiger charge is -2.13. The highest BCUT2D eigenvalue weighted by molar-refractivity contribution is 5.29. The van der Waals surface area contributed by atoms with E-state index in [2.05, 4.69) is 0 Å². The summed E-state index contributed by atoms with van der Waals surface area (Å²) in [6.07, 6.45) is -3.04. The second kappa shape index (κ2) is 5.34. The smallest absolute Gasteiger partial charge is 0.309 e. The Hall–Kier alpha value is -1.03. The van der Waals surface area contributed by atoms with Gasteiger partial charge < -0.3 is 4.90 Å². The van der Waals surface area contributed by atoms with Crippen molar-refractivity contribution < 1.29 is 13.2 Å². The van der Waals surface area contributed by atoms with E-state index in [9.17, 15) is 13.2 Å². The van der Waals surface area contributed by atoms with Crippen LogP contribution in [0.4, 0.5) is 13.2 Å². The molecule has 0 bridgehead atoms. The summed E-state index contributed by atoms with van der Waals surface area (Å²) >= 11 is 0. The highest BCUT2D eigenvalue weighted by atomic mass is 19.4. The van der Waals surface area contributed by atoms with Crippen LogP contribution in [0.1, 0.15) is 17.5 Å². The van der Waals surface area contributed by atoms with Gasteiger partial charge in [0.15, 0.2) is 0 Å². The standard InChI is InChI=1S/C12H16F3N/c1-16(2)9-5-7-10-6-3-4-8-11(10)12(13,14)15/h3-4,6,8H,5,7,9H2,1-2H3. The van der Waals surface area contributed by atoms with Gasteiger partial charge in [0.1, 0.15) is 0 Å². The van der Waals surface area contributed by atoms with Crippen molar-refractivity contribution in [3.8, 4) is 0 Å². The average Bonchev–Trinajstić information content (AvgIpc) is 2.16. The quantitative estimate of drug-likeness (QED) is 0.769. The number of hydrogen-bond donors (Lipinski definition) is 0. The van der Waals surface area contributed by atoms with Crippen molar-refractivity contribution in [2.24, 2.45) is 0 Å². The number of nitrogens with zero attached hydrogens (tertiary/aromatic N) is 1. The van der Waals surface area contributed by atoms with Gasteiger partial charge >= 0.3 is 6.18 Å². The molecule has 0 N–H and O–H groups in total. The molecule has 1 aromatic carbocycles. The van der Waals surface area contributed by atoms with Gasteiger partial charge in [0.05, 0.1) is 5.56 Å². The van der Waals surface area contributed by atoms with E-state index in [1.54, 1.807) is 12.1 Å². The number of halogens is 3. The first-order chi connectivity index (χ1) is 7.41. The van der Waals surface area contributed by atoms with Gasteiger partial charge in [-0.25, -0.2) is 0 Å². The number of alkyl halides is 3. The van der Waals surface area contributed by atoms with Crippen LogP contribution in [0.5, 0.6) is 0 Å². The Morgan fingerprint density at radius 1 is 1.12 bits per heavy atom. The summed E-state index contributed by atoms with van der Waals surface area (Å²) in [4.78, 5) is 1.97. The van der Waals surface area contributed by atoms with E-state index in [-0.39, 0.29) is 0 Å². The van der Waals surface area contributed by atoms with E-state index in [1.807, 2.05) is 19.0 Å². The Labute approximate surface area is 93.9 Å². The number of rotatable bonds is 4. The fourth-order valence-electron chi connectivity index (χ4n) is 1.60. The molecule has 1 nitrogen and oxygen atoms in total. The Kier molecular flexibility index (Phi) is 4.35. The van der Waals surface area contributed by atoms with Crippen LogP contribution < -0.4 is 0 Å². The minimum absolute atomic E-state index is 0.386. The molecule has 1 aromatic rings. The van der Waals surface area contributed by atoms with Crippen LogP contribution in [0.2, 0.25) is 0 Å². The average molecular weight is 231 g/mol. The van der Waals surface area contributed by atoms with E-state index in [1.165, 1.54) is 6.07 Å². The first kappa shape index (κ1) is 13.0. The predicted octanol–water partition coefficient (Wildman–Crippen LogP) is 3.20. The number of aryl methyl sites for hydroxylation is 1. The molecule has 0 atom stereocenters. The molecule has 90 valence electrons. The first-order valence-electron chi connectivity index (χ1n) is 5.21. The molecule has 4 heteroatoms. The molecule has 0 spiro atoms. The van der Waals surface area contributed by atoms with Crippen molar-refractivity contribution in [2.75, 3.05) is 20.6 Å². The summed E-state index contributed by atoms with van der Waals surface area (Å²) in [6, 6.07) is 5.78. The van der Waals surface area contributed by atoms with Gasteiger partial charge in [-0.1, -0.05) is 18.2 Å². The van der Waals surface area contributed by atoms with Gasteiger partial charge in [-0.05, 0) is 45.1 Å². The lowest BCUT2D eigenvalue weighted by molar-refractivity contribution is -0.138. The third-order valence-electron chi connectivity index (χ3n) is 2.37. The number of benzene rings is 1. The Morgan fingerprint density at radius 3 is 2.31 bits per heavy atom. The molecule has 16 heavy (non-hydrogen) atoms. The molecule has 0 unspecified atom stereocenters. The van der Waals surface area contributed by atoms with Crippen molar-refractivity contribution in [3.63, 3.8) is 0 Å². The molecule has 0 radical (unpaired) electrons. The SMILES string of the molecule is CN(C)CCCc1ccccc1C(F)(F)F. The largest absolute Gasteiger partial charge is 0.416 e. The van der Waals surface area contributed by atoms with E-state index in [0.29, 0.717) is 12.0 Å². The third kappa shape index (κ3) is 3.85. The molecule has 0 aliphatic heterocycles. The van der Waals surface area contributed by atoms with Gasteiger partial charge in [0.25, 0.3) is 0 Å². The van der Waals surface area contributed by atoms with Crippen LogP contribution in [0, 0.1) is 0 Å². The Morgan fingerprint density at radius 2 is 1.75 bits per heavy atom. The van der Waals surface area contributed by atoms with Crippen molar-refractivity contribution >= 4 is 0 Å². The van der Waals surface area contributed by atoms with E-state index in [4.69, 9.17) is 0 Å². The molecule has 1 rings (SSSR count). The van der Waals surface area contributed by atoms with Gasteiger partial charge in [-0.3, -0.25) is 0 Å². The Bertz CT molecular complexity index is 331. The topological polar surface area (TPSA) is 3.24 Å². The normalized spacial score (nSPS) is 12.1. The van der Waals surface area contributed by atoms with Crippen LogP contribution in [0.25, 0.3) is 0 Å². The van der Waals surface area contributed by atoms with E-state index >= 15 is 0 Å². The van der Waals surface area contributed by atoms with Gasteiger partial charge in [-0.15, -0.1) is 0 Å². The second-order valence-electron chi connectivity index (χ2n) is 4.06. The minimum atomic E-state index is -4.24. The molecule has 0 saturated carbocycles. The van der Waals surface area contributed by atoms with Crippen molar-refractivity contribution in [2.45, 2.75) is 19.0 Å². The predicted molar refractivity (Wildman–Crippen MR) is 58.3 cm³/mol. The van der Waals surface area contributed by atoms with E-state index in [0.717, 1.165) is 19.0 Å². The van der Waals surface area contributed by atoms with Crippen LogP contribution in [0.15, 0.2) is 24.3 Å². The zero-order chi connectivity index (χ0) is 12.2. The summed E-state index contributed by atoms with van der Waals surface area (Å²) in [5.74, 6) is 0. The van der Waals surface area contributed by atoms with Crippen molar-refractivity contribution in [3.05, 3.63) is 35.4 Å². The summed E-state index contributed by atoms with van der Waals surface area (Å²) in [5, 5.41) is 0. The zero-order valence-electron chi connectivity index (χ0n) is 9.51. The summed E-state index contributed by atoms with van der Waals surface area (Å²) < 4.78 is 37.9. The summed E-state index contributed by atoms with van der Waals surface area (Å²) in [5.41, 5.74) is -0.120. The van der Waals surface area contributed by atoms with Gasteiger partial charge in [0.2, 0.25) is 0 Å². The molecule has 0 aliphatic carbocycles. The van der Waals surface area contributed by atoms with Crippen LogP contribution in [-0.2, 0) is 12.6 Å². The second-order valence-corrected chi connectivity index (χ2v) is 4.06. The zero-order valence-corrected chi connectivity index (χ0v) is 9.51. The maximum atomic E-state index is 12.6. The molecular formula is C12H16F3N. The van der Waals surface area contributed by atoms with Crippen LogP contribution in [-0.4, -0.2) is 25.5 Å². The monoisotopic (exact) mass is 231 g/mol. The third-order valence-corrected chi connectivity index (χ3v) is 2.37. The lowest BCUT2D eigenvalue weighted by atomic mass is 10.0. The van der Waals surface area contributed by atoms with Gasteiger partial charge in [0, 0.05) is 0 Å². The molecule has 0 saturated heterocycles. The fourth-order valence-corrected chi connectivity index (χ4v) is 1.60. The van der Waals surface area contributed by atoms with Gasteiger partial charge in [-0.2, -0.15) is 13.2 Å². The van der Waals surface area contributed by atoms with Crippen LogP contribution in [0.3, 0.4) is 0 Å². The van der Waals surface area contributed by atoms with Crippen molar-refractivity contribution in [1.82, 2.24) is 4.90 Å². The Balaban J connectivity index is 2.72. The molecule has 0 heterocycles. The first-order valence-corrected chi connectivity index (χ1v) is 5.21.